The predicted molar refractivity (Wildman–Crippen MR) is 92.9 cm³/mol. The standard InChI is InChI=1S/C20H20O3/c1-12-7-8-16(13(2)11-12)20-14(3)19(22)18-15(9-10-21)5-4-6-17(18)23-20/h4-8,11,21H,9-10H2,1-3H3. The van der Waals surface area contributed by atoms with Gasteiger partial charge in [-0.3, -0.25) is 4.79 Å². The maximum Gasteiger partial charge on any atom is 0.196 e. The Labute approximate surface area is 135 Å². The van der Waals surface area contributed by atoms with Crippen molar-refractivity contribution in [3.8, 4) is 11.3 Å². The van der Waals surface area contributed by atoms with Gasteiger partial charge in [-0.15, -0.1) is 0 Å². The van der Waals surface area contributed by atoms with E-state index in [1.807, 2.05) is 44.2 Å². The van der Waals surface area contributed by atoms with Crippen molar-refractivity contribution >= 4 is 11.0 Å². The number of aryl methyl sites for hydroxylation is 2. The summed E-state index contributed by atoms with van der Waals surface area (Å²) in [5.41, 5.74) is 5.19. The molecule has 0 radical (unpaired) electrons. The summed E-state index contributed by atoms with van der Waals surface area (Å²) < 4.78 is 6.09. The Morgan fingerprint density at radius 3 is 2.57 bits per heavy atom. The molecule has 0 saturated carbocycles. The second-order valence-corrected chi connectivity index (χ2v) is 5.97. The molecule has 0 amide bonds. The molecule has 3 aromatic rings. The van der Waals surface area contributed by atoms with Crippen molar-refractivity contribution < 1.29 is 9.52 Å². The zero-order valence-corrected chi connectivity index (χ0v) is 13.6. The number of aliphatic hydroxyl groups excluding tert-OH is 1. The number of hydrogen-bond acceptors (Lipinski definition) is 3. The molecule has 3 nitrogen and oxygen atoms in total. The molecular formula is C20H20O3. The lowest BCUT2D eigenvalue weighted by Crippen LogP contribution is -2.10. The van der Waals surface area contributed by atoms with Gasteiger partial charge >= 0.3 is 0 Å². The summed E-state index contributed by atoms with van der Waals surface area (Å²) in [5, 5.41) is 9.78. The maximum absolute atomic E-state index is 12.9. The molecule has 0 aliphatic heterocycles. The van der Waals surface area contributed by atoms with Crippen molar-refractivity contribution in [1.82, 2.24) is 0 Å². The van der Waals surface area contributed by atoms with E-state index in [-0.39, 0.29) is 12.0 Å². The molecule has 23 heavy (non-hydrogen) atoms. The summed E-state index contributed by atoms with van der Waals surface area (Å²) in [6, 6.07) is 11.6. The third-order valence-corrected chi connectivity index (χ3v) is 4.24. The lowest BCUT2D eigenvalue weighted by molar-refractivity contribution is 0.300. The Kier molecular flexibility index (Phi) is 4.05. The van der Waals surface area contributed by atoms with Crippen LogP contribution in [0.25, 0.3) is 22.3 Å². The van der Waals surface area contributed by atoms with Crippen LogP contribution < -0.4 is 5.43 Å². The average molecular weight is 308 g/mol. The van der Waals surface area contributed by atoms with E-state index in [2.05, 4.69) is 6.07 Å². The number of benzene rings is 2. The molecule has 0 atom stereocenters. The molecule has 0 aliphatic rings. The van der Waals surface area contributed by atoms with Gasteiger partial charge in [-0.05, 0) is 44.4 Å². The topological polar surface area (TPSA) is 50.4 Å². The highest BCUT2D eigenvalue weighted by atomic mass is 16.3. The third-order valence-electron chi connectivity index (χ3n) is 4.24. The fourth-order valence-electron chi connectivity index (χ4n) is 3.05. The van der Waals surface area contributed by atoms with Crippen molar-refractivity contribution in [1.29, 1.82) is 0 Å². The Bertz CT molecular complexity index is 936. The van der Waals surface area contributed by atoms with E-state index < -0.39 is 0 Å². The number of fused-ring (bicyclic) bond motifs is 1. The Balaban J connectivity index is 2.32. The summed E-state index contributed by atoms with van der Waals surface area (Å²) in [6.07, 6.45) is 0.449. The molecule has 1 heterocycles. The van der Waals surface area contributed by atoms with E-state index in [0.717, 1.165) is 16.7 Å². The zero-order valence-electron chi connectivity index (χ0n) is 13.6. The largest absolute Gasteiger partial charge is 0.456 e. The first-order valence-electron chi connectivity index (χ1n) is 7.76. The molecule has 1 aromatic heterocycles. The lowest BCUT2D eigenvalue weighted by Gasteiger charge is -2.12. The quantitative estimate of drug-likeness (QED) is 0.798. The van der Waals surface area contributed by atoms with Gasteiger partial charge in [0, 0.05) is 17.7 Å². The number of aliphatic hydroxyl groups is 1. The summed E-state index contributed by atoms with van der Waals surface area (Å²) in [7, 11) is 0. The van der Waals surface area contributed by atoms with E-state index in [1.54, 1.807) is 6.92 Å². The molecule has 3 heteroatoms. The fraction of sp³-hybridized carbons (Fsp3) is 0.250. The normalized spacial score (nSPS) is 11.1. The summed E-state index contributed by atoms with van der Waals surface area (Å²) in [4.78, 5) is 12.9. The fourth-order valence-corrected chi connectivity index (χ4v) is 3.05. The van der Waals surface area contributed by atoms with Crippen LogP contribution in [0.2, 0.25) is 0 Å². The molecule has 0 saturated heterocycles. The van der Waals surface area contributed by atoms with Crippen LogP contribution in [0.3, 0.4) is 0 Å². The Hall–Kier alpha value is -2.39. The first kappa shape index (κ1) is 15.5. The minimum atomic E-state index is -0.0229. The van der Waals surface area contributed by atoms with Gasteiger partial charge in [-0.2, -0.15) is 0 Å². The SMILES string of the molecule is Cc1ccc(-c2oc3cccc(CCO)c3c(=O)c2C)c(C)c1. The van der Waals surface area contributed by atoms with Crippen molar-refractivity contribution in [3.63, 3.8) is 0 Å². The van der Waals surface area contributed by atoms with Gasteiger partial charge in [-0.1, -0.05) is 35.9 Å². The van der Waals surface area contributed by atoms with Gasteiger partial charge in [0.2, 0.25) is 0 Å². The second kappa shape index (κ2) is 6.01. The molecule has 3 rings (SSSR count). The minimum Gasteiger partial charge on any atom is -0.456 e. The summed E-state index contributed by atoms with van der Waals surface area (Å²) in [5.74, 6) is 0.626. The Morgan fingerprint density at radius 2 is 1.87 bits per heavy atom. The number of rotatable bonds is 3. The van der Waals surface area contributed by atoms with Crippen molar-refractivity contribution in [2.45, 2.75) is 27.2 Å². The van der Waals surface area contributed by atoms with Gasteiger partial charge in [0.15, 0.2) is 5.43 Å². The van der Waals surface area contributed by atoms with Crippen molar-refractivity contribution in [2.24, 2.45) is 0 Å². The second-order valence-electron chi connectivity index (χ2n) is 5.97. The van der Waals surface area contributed by atoms with E-state index in [9.17, 15) is 9.90 Å². The van der Waals surface area contributed by atoms with Gasteiger partial charge in [-0.25, -0.2) is 0 Å². The molecule has 118 valence electrons. The monoisotopic (exact) mass is 308 g/mol. The number of hydrogen-bond donors (Lipinski definition) is 1. The molecule has 0 bridgehead atoms. The van der Waals surface area contributed by atoms with E-state index in [0.29, 0.717) is 28.7 Å². The summed E-state index contributed by atoms with van der Waals surface area (Å²) >= 11 is 0. The van der Waals surface area contributed by atoms with Crippen LogP contribution >= 0.6 is 0 Å². The van der Waals surface area contributed by atoms with Crippen LogP contribution in [-0.2, 0) is 6.42 Å². The van der Waals surface area contributed by atoms with Crippen LogP contribution in [0.5, 0.6) is 0 Å². The van der Waals surface area contributed by atoms with Gasteiger partial charge < -0.3 is 9.52 Å². The van der Waals surface area contributed by atoms with Crippen LogP contribution in [0, 0.1) is 20.8 Å². The van der Waals surface area contributed by atoms with Crippen LogP contribution in [0.1, 0.15) is 22.3 Å². The summed E-state index contributed by atoms with van der Waals surface area (Å²) in [6.45, 7) is 5.88. The molecule has 0 fully saturated rings. The average Bonchev–Trinajstić information content (AvgIpc) is 2.51. The predicted octanol–water partition coefficient (Wildman–Crippen LogP) is 3.92. The van der Waals surface area contributed by atoms with Gasteiger partial charge in [0.25, 0.3) is 0 Å². The van der Waals surface area contributed by atoms with E-state index in [1.165, 1.54) is 5.56 Å². The minimum absolute atomic E-state index is 0.0103. The molecule has 1 N–H and O–H groups in total. The lowest BCUT2D eigenvalue weighted by atomic mass is 9.98. The molecule has 2 aromatic carbocycles. The van der Waals surface area contributed by atoms with Crippen molar-refractivity contribution in [3.05, 3.63) is 68.9 Å². The first-order valence-corrected chi connectivity index (χ1v) is 7.76. The van der Waals surface area contributed by atoms with Gasteiger partial charge in [0.05, 0.1) is 5.39 Å². The molecule has 0 aliphatic carbocycles. The van der Waals surface area contributed by atoms with E-state index >= 15 is 0 Å². The van der Waals surface area contributed by atoms with Crippen LogP contribution in [0.15, 0.2) is 45.6 Å². The highest BCUT2D eigenvalue weighted by Gasteiger charge is 2.16. The highest BCUT2D eigenvalue weighted by molar-refractivity contribution is 5.84. The van der Waals surface area contributed by atoms with Gasteiger partial charge in [0.1, 0.15) is 11.3 Å². The third kappa shape index (κ3) is 2.68. The maximum atomic E-state index is 12.9. The van der Waals surface area contributed by atoms with Crippen LogP contribution in [-0.4, -0.2) is 11.7 Å². The van der Waals surface area contributed by atoms with E-state index in [4.69, 9.17) is 4.42 Å². The zero-order chi connectivity index (χ0) is 16.6. The smallest absolute Gasteiger partial charge is 0.196 e. The highest BCUT2D eigenvalue weighted by Crippen LogP contribution is 2.29. The Morgan fingerprint density at radius 1 is 1.09 bits per heavy atom. The molecule has 0 spiro atoms. The molecular weight excluding hydrogens is 288 g/mol. The van der Waals surface area contributed by atoms with Crippen LogP contribution in [0.4, 0.5) is 0 Å². The van der Waals surface area contributed by atoms with Crippen molar-refractivity contribution in [2.75, 3.05) is 6.61 Å². The molecule has 0 unspecified atom stereocenters. The first-order chi connectivity index (χ1) is 11.0.